The third-order valence-corrected chi connectivity index (χ3v) is 4.23. The normalized spacial score (nSPS) is 10.9. The minimum atomic E-state index is 0.622. The molecule has 3 aromatic rings. The van der Waals surface area contributed by atoms with Crippen LogP contribution in [-0.4, -0.2) is 9.97 Å². The van der Waals surface area contributed by atoms with Gasteiger partial charge in [-0.15, -0.1) is 0 Å². The maximum absolute atomic E-state index is 6.22. The van der Waals surface area contributed by atoms with Gasteiger partial charge in [-0.05, 0) is 36.8 Å². The van der Waals surface area contributed by atoms with Crippen molar-refractivity contribution in [3.63, 3.8) is 0 Å². The Labute approximate surface area is 144 Å². The predicted molar refractivity (Wildman–Crippen MR) is 93.0 cm³/mol. The molecule has 0 fully saturated rings. The fraction of sp³-hybridized carbons (Fsp3) is 0.118. The quantitative estimate of drug-likeness (QED) is 0.622. The van der Waals surface area contributed by atoms with Crippen molar-refractivity contribution in [2.75, 3.05) is 0 Å². The molecule has 0 unspecified atom stereocenters. The Bertz CT molecular complexity index is 825. The van der Waals surface area contributed by atoms with Crippen molar-refractivity contribution < 1.29 is 0 Å². The van der Waals surface area contributed by atoms with Crippen LogP contribution in [0.25, 0.3) is 11.3 Å². The number of imidazole rings is 1. The Morgan fingerprint density at radius 1 is 1.00 bits per heavy atom. The number of benzene rings is 2. The molecule has 0 saturated carbocycles. The van der Waals surface area contributed by atoms with Crippen molar-refractivity contribution in [1.29, 1.82) is 0 Å². The topological polar surface area (TPSA) is 28.7 Å². The summed E-state index contributed by atoms with van der Waals surface area (Å²) in [5.74, 6) is 0.858. The lowest BCUT2D eigenvalue weighted by Gasteiger charge is -2.02. The van der Waals surface area contributed by atoms with Crippen molar-refractivity contribution in [1.82, 2.24) is 9.97 Å². The third-order valence-electron chi connectivity index (χ3n) is 3.40. The molecule has 0 spiro atoms. The molecule has 0 radical (unpaired) electrons. The molecule has 2 aromatic carbocycles. The molecule has 22 heavy (non-hydrogen) atoms. The van der Waals surface area contributed by atoms with Crippen LogP contribution in [0.4, 0.5) is 0 Å². The smallest absolute Gasteiger partial charge is 0.111 e. The van der Waals surface area contributed by atoms with Gasteiger partial charge in [0.1, 0.15) is 5.82 Å². The molecule has 0 saturated heterocycles. The Kier molecular flexibility index (Phi) is 4.44. The molecular weight excluding hydrogens is 339 g/mol. The lowest BCUT2D eigenvalue weighted by atomic mass is 10.1. The van der Waals surface area contributed by atoms with Crippen LogP contribution in [0, 0.1) is 6.92 Å². The van der Waals surface area contributed by atoms with E-state index in [1.54, 1.807) is 6.07 Å². The summed E-state index contributed by atoms with van der Waals surface area (Å²) in [7, 11) is 0. The summed E-state index contributed by atoms with van der Waals surface area (Å²) in [5, 5.41) is 1.97. The maximum atomic E-state index is 6.22. The van der Waals surface area contributed by atoms with E-state index in [1.165, 1.54) is 0 Å². The Balaban J connectivity index is 1.92. The SMILES string of the molecule is Cc1[nH]c(Cc2ccc(Cl)cc2Cl)nc1-c1cccc(Cl)c1. The minimum absolute atomic E-state index is 0.622. The van der Waals surface area contributed by atoms with Gasteiger partial charge in [0.25, 0.3) is 0 Å². The number of rotatable bonds is 3. The highest BCUT2D eigenvalue weighted by Crippen LogP contribution is 2.26. The second-order valence-corrected chi connectivity index (χ2v) is 6.36. The summed E-state index contributed by atoms with van der Waals surface area (Å²) in [6.07, 6.45) is 0.622. The fourth-order valence-corrected chi connectivity index (χ4v) is 3.03. The number of hydrogen-bond acceptors (Lipinski definition) is 1. The van der Waals surface area contributed by atoms with Gasteiger partial charge in [0.15, 0.2) is 0 Å². The molecule has 1 N–H and O–H groups in total. The average molecular weight is 352 g/mol. The van der Waals surface area contributed by atoms with E-state index in [2.05, 4.69) is 9.97 Å². The highest BCUT2D eigenvalue weighted by molar-refractivity contribution is 6.35. The molecule has 3 rings (SSSR count). The standard InChI is InChI=1S/C17H13Cl3N2/c1-10-17(12-3-2-4-13(18)7-12)22-16(21-10)8-11-5-6-14(19)9-15(11)20/h2-7,9H,8H2,1H3,(H,21,22). The van der Waals surface area contributed by atoms with Gasteiger partial charge in [-0.2, -0.15) is 0 Å². The zero-order chi connectivity index (χ0) is 15.7. The zero-order valence-electron chi connectivity index (χ0n) is 11.8. The van der Waals surface area contributed by atoms with E-state index in [9.17, 15) is 0 Å². The maximum Gasteiger partial charge on any atom is 0.111 e. The summed E-state index contributed by atoms with van der Waals surface area (Å²) in [6, 6.07) is 13.2. The summed E-state index contributed by atoms with van der Waals surface area (Å²) in [4.78, 5) is 7.98. The first-order valence-electron chi connectivity index (χ1n) is 6.78. The van der Waals surface area contributed by atoms with Crippen molar-refractivity contribution >= 4 is 34.8 Å². The summed E-state index contributed by atoms with van der Waals surface area (Å²) < 4.78 is 0. The van der Waals surface area contributed by atoms with E-state index < -0.39 is 0 Å². The van der Waals surface area contributed by atoms with Crippen LogP contribution in [0.2, 0.25) is 15.1 Å². The van der Waals surface area contributed by atoms with Crippen molar-refractivity contribution in [3.8, 4) is 11.3 Å². The largest absolute Gasteiger partial charge is 0.345 e. The summed E-state index contributed by atoms with van der Waals surface area (Å²) in [6.45, 7) is 2.00. The number of H-pyrrole nitrogens is 1. The Morgan fingerprint density at radius 2 is 1.77 bits per heavy atom. The predicted octanol–water partition coefficient (Wildman–Crippen LogP) is 5.94. The lowest BCUT2D eigenvalue weighted by molar-refractivity contribution is 1.02. The number of nitrogens with one attached hydrogen (secondary N) is 1. The highest BCUT2D eigenvalue weighted by atomic mass is 35.5. The highest BCUT2D eigenvalue weighted by Gasteiger charge is 2.11. The molecule has 0 bridgehead atoms. The van der Waals surface area contributed by atoms with E-state index in [0.717, 1.165) is 28.3 Å². The van der Waals surface area contributed by atoms with Crippen LogP contribution in [0.3, 0.4) is 0 Å². The molecule has 0 amide bonds. The number of halogens is 3. The Hall–Kier alpha value is -1.48. The van der Waals surface area contributed by atoms with E-state index in [1.807, 2.05) is 43.3 Å². The van der Waals surface area contributed by atoms with Gasteiger partial charge in [-0.1, -0.05) is 53.0 Å². The number of aromatic amines is 1. The molecule has 1 aromatic heterocycles. The van der Waals surface area contributed by atoms with Crippen LogP contribution in [0.1, 0.15) is 17.1 Å². The fourth-order valence-electron chi connectivity index (χ4n) is 2.37. The van der Waals surface area contributed by atoms with Crippen molar-refractivity contribution in [2.24, 2.45) is 0 Å². The first-order chi connectivity index (χ1) is 10.5. The van der Waals surface area contributed by atoms with Crippen LogP contribution >= 0.6 is 34.8 Å². The van der Waals surface area contributed by atoms with E-state index >= 15 is 0 Å². The first-order valence-corrected chi connectivity index (χ1v) is 7.91. The number of hydrogen-bond donors (Lipinski definition) is 1. The van der Waals surface area contributed by atoms with E-state index in [0.29, 0.717) is 21.5 Å². The molecule has 5 heteroatoms. The van der Waals surface area contributed by atoms with Gasteiger partial charge in [-0.25, -0.2) is 4.98 Å². The second kappa shape index (κ2) is 6.33. The minimum Gasteiger partial charge on any atom is -0.345 e. The van der Waals surface area contributed by atoms with Crippen molar-refractivity contribution in [2.45, 2.75) is 13.3 Å². The lowest BCUT2D eigenvalue weighted by Crippen LogP contribution is -1.92. The monoisotopic (exact) mass is 350 g/mol. The van der Waals surface area contributed by atoms with Crippen molar-refractivity contribution in [3.05, 3.63) is 74.6 Å². The Morgan fingerprint density at radius 3 is 2.50 bits per heavy atom. The van der Waals surface area contributed by atoms with Crippen LogP contribution in [0.15, 0.2) is 42.5 Å². The van der Waals surface area contributed by atoms with Crippen LogP contribution in [0.5, 0.6) is 0 Å². The zero-order valence-corrected chi connectivity index (χ0v) is 14.1. The molecule has 2 nitrogen and oxygen atoms in total. The van der Waals surface area contributed by atoms with Gasteiger partial charge in [0.2, 0.25) is 0 Å². The van der Waals surface area contributed by atoms with Gasteiger partial charge in [0, 0.05) is 32.7 Å². The average Bonchev–Trinajstić information content (AvgIpc) is 2.83. The van der Waals surface area contributed by atoms with E-state index in [4.69, 9.17) is 34.8 Å². The van der Waals surface area contributed by atoms with E-state index in [-0.39, 0.29) is 0 Å². The van der Waals surface area contributed by atoms with Gasteiger partial charge < -0.3 is 4.98 Å². The summed E-state index contributed by atoms with van der Waals surface area (Å²) in [5.41, 5.74) is 3.89. The molecule has 1 heterocycles. The number of nitrogens with zero attached hydrogens (tertiary/aromatic N) is 1. The molecule has 0 aliphatic rings. The molecular formula is C17H13Cl3N2. The second-order valence-electron chi connectivity index (χ2n) is 5.08. The van der Waals surface area contributed by atoms with Gasteiger partial charge >= 0.3 is 0 Å². The molecule has 0 atom stereocenters. The summed E-state index contributed by atoms with van der Waals surface area (Å²) >= 11 is 18.2. The van der Waals surface area contributed by atoms with Crippen LogP contribution < -0.4 is 0 Å². The number of aromatic nitrogens is 2. The molecule has 0 aliphatic heterocycles. The molecule has 0 aliphatic carbocycles. The van der Waals surface area contributed by atoms with Gasteiger partial charge in [-0.3, -0.25) is 0 Å². The van der Waals surface area contributed by atoms with Crippen LogP contribution in [-0.2, 0) is 6.42 Å². The third kappa shape index (κ3) is 3.30. The molecule has 112 valence electrons. The van der Waals surface area contributed by atoms with Gasteiger partial charge in [0.05, 0.1) is 5.69 Å². The number of aryl methyl sites for hydroxylation is 1. The first kappa shape index (κ1) is 15.4.